The van der Waals surface area contributed by atoms with Crippen LogP contribution in [0.25, 0.3) is 0 Å². The van der Waals surface area contributed by atoms with Gasteiger partial charge in [0.15, 0.2) is 0 Å². The summed E-state index contributed by atoms with van der Waals surface area (Å²) >= 11 is 9.28. The van der Waals surface area contributed by atoms with E-state index in [0.717, 1.165) is 12.8 Å². The lowest BCUT2D eigenvalue weighted by atomic mass is 10.2. The zero-order valence-corrected chi connectivity index (χ0v) is 10.8. The van der Waals surface area contributed by atoms with Crippen molar-refractivity contribution in [1.82, 2.24) is 5.32 Å². The lowest BCUT2D eigenvalue weighted by molar-refractivity contribution is 0.0907. The van der Waals surface area contributed by atoms with Crippen molar-refractivity contribution in [3.63, 3.8) is 0 Å². The van der Waals surface area contributed by atoms with Crippen LogP contribution in [0, 0.1) is 0 Å². The Kier molecular flexibility index (Phi) is 3.24. The SMILES string of the molecule is O=C(NC1(CO)CC1)c1cccc(Br)c1Cl. The van der Waals surface area contributed by atoms with Crippen molar-refractivity contribution in [2.45, 2.75) is 18.4 Å². The number of carbonyl (C=O) groups is 1. The molecule has 16 heavy (non-hydrogen) atoms. The van der Waals surface area contributed by atoms with Crippen LogP contribution in [0.5, 0.6) is 0 Å². The second-order valence-electron chi connectivity index (χ2n) is 3.99. The van der Waals surface area contributed by atoms with Gasteiger partial charge in [-0.15, -0.1) is 0 Å². The van der Waals surface area contributed by atoms with Crippen LogP contribution in [0.3, 0.4) is 0 Å². The maximum atomic E-state index is 11.9. The fourth-order valence-electron chi connectivity index (χ4n) is 1.46. The van der Waals surface area contributed by atoms with Crippen LogP contribution < -0.4 is 5.32 Å². The molecule has 1 aromatic carbocycles. The summed E-state index contributed by atoms with van der Waals surface area (Å²) in [5, 5.41) is 12.3. The molecule has 1 aromatic rings. The van der Waals surface area contributed by atoms with Crippen molar-refractivity contribution in [3.05, 3.63) is 33.3 Å². The number of benzene rings is 1. The number of amides is 1. The summed E-state index contributed by atoms with van der Waals surface area (Å²) in [7, 11) is 0. The van der Waals surface area contributed by atoms with Crippen LogP contribution in [0.15, 0.2) is 22.7 Å². The summed E-state index contributed by atoms with van der Waals surface area (Å²) in [5.74, 6) is -0.238. The monoisotopic (exact) mass is 303 g/mol. The van der Waals surface area contributed by atoms with Gasteiger partial charge in [-0.3, -0.25) is 4.79 Å². The van der Waals surface area contributed by atoms with Crippen molar-refractivity contribution in [3.8, 4) is 0 Å². The third-order valence-electron chi connectivity index (χ3n) is 2.73. The molecule has 0 spiro atoms. The zero-order chi connectivity index (χ0) is 11.8. The molecule has 0 aliphatic heterocycles. The molecular weight excluding hydrogens is 293 g/mol. The number of hydrogen-bond donors (Lipinski definition) is 2. The Morgan fingerprint density at radius 1 is 1.56 bits per heavy atom. The standard InChI is InChI=1S/C11H11BrClNO2/c12-8-3-1-2-7(9(8)13)10(16)14-11(6-15)4-5-11/h1-3,15H,4-6H2,(H,14,16). The number of hydrogen-bond acceptors (Lipinski definition) is 2. The molecule has 0 atom stereocenters. The largest absolute Gasteiger partial charge is 0.394 e. The molecule has 0 radical (unpaired) electrons. The molecule has 0 unspecified atom stereocenters. The Labute approximate surface area is 107 Å². The predicted octanol–water partition coefficient (Wildman–Crippen LogP) is 2.36. The highest BCUT2D eigenvalue weighted by molar-refractivity contribution is 9.10. The Bertz CT molecular complexity index is 432. The Balaban J connectivity index is 2.18. The first-order valence-electron chi connectivity index (χ1n) is 4.95. The van der Waals surface area contributed by atoms with Gasteiger partial charge in [-0.2, -0.15) is 0 Å². The Morgan fingerprint density at radius 3 is 2.81 bits per heavy atom. The minimum atomic E-state index is -0.414. The molecular formula is C11H11BrClNO2. The summed E-state index contributed by atoms with van der Waals surface area (Å²) in [4.78, 5) is 11.9. The van der Waals surface area contributed by atoms with E-state index in [1.807, 2.05) is 0 Å². The molecule has 1 fully saturated rings. The molecule has 1 saturated carbocycles. The summed E-state index contributed by atoms with van der Waals surface area (Å²) in [6.07, 6.45) is 1.64. The Morgan fingerprint density at radius 2 is 2.25 bits per heavy atom. The predicted molar refractivity (Wildman–Crippen MR) is 65.7 cm³/mol. The smallest absolute Gasteiger partial charge is 0.253 e. The molecule has 1 aliphatic carbocycles. The molecule has 2 N–H and O–H groups in total. The molecule has 1 aliphatic rings. The lowest BCUT2D eigenvalue weighted by Crippen LogP contribution is -2.39. The maximum absolute atomic E-state index is 11.9. The van der Waals surface area contributed by atoms with E-state index in [4.69, 9.17) is 16.7 Å². The average molecular weight is 305 g/mol. The van der Waals surface area contributed by atoms with E-state index in [1.165, 1.54) is 0 Å². The molecule has 0 saturated heterocycles. The van der Waals surface area contributed by atoms with Gasteiger partial charge in [0.1, 0.15) is 0 Å². The second kappa shape index (κ2) is 4.35. The van der Waals surface area contributed by atoms with Gasteiger partial charge in [0.05, 0.1) is 22.7 Å². The number of halogens is 2. The summed E-state index contributed by atoms with van der Waals surface area (Å²) in [6, 6.07) is 5.19. The van der Waals surface area contributed by atoms with E-state index in [0.29, 0.717) is 15.1 Å². The van der Waals surface area contributed by atoms with Crippen LogP contribution in [-0.4, -0.2) is 23.2 Å². The number of rotatable bonds is 3. The first-order valence-corrected chi connectivity index (χ1v) is 6.12. The molecule has 3 nitrogen and oxygen atoms in total. The van der Waals surface area contributed by atoms with Gasteiger partial charge in [0, 0.05) is 4.47 Å². The van der Waals surface area contributed by atoms with Crippen molar-refractivity contribution in [2.24, 2.45) is 0 Å². The normalized spacial score (nSPS) is 16.9. The van der Waals surface area contributed by atoms with Crippen LogP contribution in [-0.2, 0) is 0 Å². The van der Waals surface area contributed by atoms with Crippen LogP contribution in [0.1, 0.15) is 23.2 Å². The van der Waals surface area contributed by atoms with Gasteiger partial charge < -0.3 is 10.4 Å². The highest BCUT2D eigenvalue weighted by Gasteiger charge is 2.43. The van der Waals surface area contributed by atoms with E-state index in [1.54, 1.807) is 18.2 Å². The second-order valence-corrected chi connectivity index (χ2v) is 5.23. The summed E-state index contributed by atoms with van der Waals surface area (Å²) in [6.45, 7) is -0.0235. The van der Waals surface area contributed by atoms with E-state index in [-0.39, 0.29) is 12.5 Å². The molecule has 0 heterocycles. The summed E-state index contributed by atoms with van der Waals surface area (Å²) in [5.41, 5.74) is 0.0127. The van der Waals surface area contributed by atoms with Gasteiger partial charge in [-0.1, -0.05) is 17.7 Å². The lowest BCUT2D eigenvalue weighted by Gasteiger charge is -2.15. The zero-order valence-electron chi connectivity index (χ0n) is 8.46. The quantitative estimate of drug-likeness (QED) is 0.900. The number of nitrogens with one attached hydrogen (secondary N) is 1. The van der Waals surface area contributed by atoms with Crippen LogP contribution >= 0.6 is 27.5 Å². The fraction of sp³-hybridized carbons (Fsp3) is 0.364. The van der Waals surface area contributed by atoms with E-state index in [9.17, 15) is 4.79 Å². The topological polar surface area (TPSA) is 49.3 Å². The number of aliphatic hydroxyl groups is 1. The minimum absolute atomic E-state index is 0.0235. The highest BCUT2D eigenvalue weighted by Crippen LogP contribution is 2.35. The van der Waals surface area contributed by atoms with Gasteiger partial charge in [0.2, 0.25) is 0 Å². The Hall–Kier alpha value is -0.580. The molecule has 0 aromatic heterocycles. The number of carbonyl (C=O) groups excluding carboxylic acids is 1. The van der Waals surface area contributed by atoms with Gasteiger partial charge in [0.25, 0.3) is 5.91 Å². The first kappa shape index (κ1) is 11.9. The molecule has 86 valence electrons. The van der Waals surface area contributed by atoms with Gasteiger partial charge in [-0.05, 0) is 40.9 Å². The van der Waals surface area contributed by atoms with Crippen molar-refractivity contribution < 1.29 is 9.90 Å². The van der Waals surface area contributed by atoms with E-state index >= 15 is 0 Å². The summed E-state index contributed by atoms with van der Waals surface area (Å²) < 4.78 is 0.690. The average Bonchev–Trinajstić information content (AvgIpc) is 3.02. The van der Waals surface area contributed by atoms with Gasteiger partial charge >= 0.3 is 0 Å². The minimum Gasteiger partial charge on any atom is -0.394 e. The third-order valence-corrected chi connectivity index (χ3v) is 4.03. The molecule has 1 amide bonds. The highest BCUT2D eigenvalue weighted by atomic mass is 79.9. The van der Waals surface area contributed by atoms with E-state index in [2.05, 4.69) is 21.2 Å². The van der Waals surface area contributed by atoms with E-state index < -0.39 is 5.54 Å². The number of aliphatic hydroxyl groups excluding tert-OH is 1. The van der Waals surface area contributed by atoms with Gasteiger partial charge in [-0.25, -0.2) is 0 Å². The van der Waals surface area contributed by atoms with Crippen LogP contribution in [0.2, 0.25) is 5.02 Å². The molecule has 0 bridgehead atoms. The first-order chi connectivity index (χ1) is 7.58. The van der Waals surface area contributed by atoms with Crippen LogP contribution in [0.4, 0.5) is 0 Å². The van der Waals surface area contributed by atoms with Crippen molar-refractivity contribution in [1.29, 1.82) is 0 Å². The fourth-order valence-corrected chi connectivity index (χ4v) is 2.04. The van der Waals surface area contributed by atoms with Crippen molar-refractivity contribution in [2.75, 3.05) is 6.61 Å². The molecule has 5 heteroatoms. The van der Waals surface area contributed by atoms with Crippen molar-refractivity contribution >= 4 is 33.4 Å². The third kappa shape index (κ3) is 2.24. The molecule has 2 rings (SSSR count). The maximum Gasteiger partial charge on any atom is 0.253 e.